The highest BCUT2D eigenvalue weighted by Gasteiger charge is 2.10. The van der Waals surface area contributed by atoms with Crippen molar-refractivity contribution in [2.45, 2.75) is 0 Å². The van der Waals surface area contributed by atoms with E-state index < -0.39 is 16.7 Å². The summed E-state index contributed by atoms with van der Waals surface area (Å²) in [5, 5.41) is 17.4. The van der Waals surface area contributed by atoms with Crippen LogP contribution in [0.5, 0.6) is 0 Å². The van der Waals surface area contributed by atoms with E-state index >= 15 is 0 Å². The van der Waals surface area contributed by atoms with Gasteiger partial charge in [0.25, 0.3) is 17.5 Å². The second-order valence-corrected chi connectivity index (χ2v) is 5.73. The molecule has 0 atom stereocenters. The first-order valence-electron chi connectivity index (χ1n) is 7.17. The fraction of sp³-hybridized carbons (Fsp3) is 0.0625. The molecule has 2 aromatic carbocycles. The molecule has 0 aromatic heterocycles. The summed E-state index contributed by atoms with van der Waals surface area (Å²) >= 11 is 11.9. The van der Waals surface area contributed by atoms with Crippen molar-refractivity contribution in [2.24, 2.45) is 5.10 Å². The molecular weight excluding hydrogens is 383 g/mol. The van der Waals surface area contributed by atoms with Crippen molar-refractivity contribution >= 4 is 46.9 Å². The molecular formula is C16H12Cl2N4O4. The van der Waals surface area contributed by atoms with E-state index in [1.165, 1.54) is 30.5 Å². The van der Waals surface area contributed by atoms with Crippen LogP contribution in [-0.4, -0.2) is 29.5 Å². The molecule has 0 saturated carbocycles. The van der Waals surface area contributed by atoms with Gasteiger partial charge in [-0.25, -0.2) is 5.43 Å². The molecule has 0 fully saturated rings. The lowest BCUT2D eigenvalue weighted by atomic mass is 10.2. The fourth-order valence-electron chi connectivity index (χ4n) is 1.84. The molecule has 0 radical (unpaired) electrons. The number of carbonyl (C=O) groups excluding carboxylic acids is 2. The van der Waals surface area contributed by atoms with Crippen LogP contribution in [0.1, 0.15) is 15.9 Å². The molecule has 0 bridgehead atoms. The van der Waals surface area contributed by atoms with Crippen LogP contribution in [0.2, 0.25) is 10.0 Å². The summed E-state index contributed by atoms with van der Waals surface area (Å²) in [5.74, 6) is -1.12. The molecule has 2 N–H and O–H groups in total. The van der Waals surface area contributed by atoms with Crippen LogP contribution >= 0.6 is 23.2 Å². The van der Waals surface area contributed by atoms with E-state index in [4.69, 9.17) is 23.2 Å². The molecule has 0 heterocycles. The Balaban J connectivity index is 1.85. The smallest absolute Gasteiger partial charge is 0.269 e. The first-order chi connectivity index (χ1) is 12.4. The first kappa shape index (κ1) is 19.4. The number of hydrogen-bond acceptors (Lipinski definition) is 5. The van der Waals surface area contributed by atoms with Crippen molar-refractivity contribution in [1.82, 2.24) is 10.7 Å². The van der Waals surface area contributed by atoms with Gasteiger partial charge in [0.15, 0.2) is 0 Å². The molecule has 134 valence electrons. The zero-order valence-corrected chi connectivity index (χ0v) is 14.6. The summed E-state index contributed by atoms with van der Waals surface area (Å²) in [6, 6.07) is 9.92. The van der Waals surface area contributed by atoms with Crippen LogP contribution in [0.4, 0.5) is 5.69 Å². The van der Waals surface area contributed by atoms with Gasteiger partial charge in [-0.1, -0.05) is 29.3 Å². The van der Waals surface area contributed by atoms with Gasteiger partial charge in [0, 0.05) is 23.3 Å². The minimum Gasteiger partial charge on any atom is -0.343 e. The molecule has 0 spiro atoms. The summed E-state index contributed by atoms with van der Waals surface area (Å²) in [7, 11) is 0. The normalized spacial score (nSPS) is 10.5. The minimum absolute atomic E-state index is 0.133. The highest BCUT2D eigenvalue weighted by Crippen LogP contribution is 2.21. The van der Waals surface area contributed by atoms with Crippen LogP contribution in [0.3, 0.4) is 0 Å². The lowest BCUT2D eigenvalue weighted by Crippen LogP contribution is -2.34. The number of hydrogen-bond donors (Lipinski definition) is 2. The summed E-state index contributed by atoms with van der Waals surface area (Å²) in [6.45, 7) is -0.330. The SMILES string of the molecule is O=C(CNC(=O)c1ccc([N+](=O)[O-])cc1)N/N=C\c1c(Cl)cccc1Cl. The number of hydrazone groups is 1. The monoisotopic (exact) mass is 394 g/mol. The summed E-state index contributed by atoms with van der Waals surface area (Å²) in [5.41, 5.74) is 2.73. The van der Waals surface area contributed by atoms with E-state index in [1.807, 2.05) is 0 Å². The quantitative estimate of drug-likeness (QED) is 0.445. The number of halogens is 2. The van der Waals surface area contributed by atoms with E-state index in [1.54, 1.807) is 18.2 Å². The van der Waals surface area contributed by atoms with Gasteiger partial charge in [0.05, 0.1) is 27.7 Å². The third-order valence-electron chi connectivity index (χ3n) is 3.13. The number of carbonyl (C=O) groups is 2. The highest BCUT2D eigenvalue weighted by molar-refractivity contribution is 6.38. The average molecular weight is 395 g/mol. The van der Waals surface area contributed by atoms with Crippen LogP contribution in [0.15, 0.2) is 47.6 Å². The number of nitrogens with one attached hydrogen (secondary N) is 2. The molecule has 0 aliphatic heterocycles. The standard InChI is InChI=1S/C16H12Cl2N4O4/c17-13-2-1-3-14(18)12(13)8-20-21-15(23)9-19-16(24)10-4-6-11(7-5-10)22(25)26/h1-8H,9H2,(H,19,24)(H,21,23)/b20-8-. The van der Waals surface area contributed by atoms with E-state index in [-0.39, 0.29) is 17.8 Å². The molecule has 2 aromatic rings. The molecule has 2 rings (SSSR count). The first-order valence-corrected chi connectivity index (χ1v) is 7.92. The molecule has 8 nitrogen and oxygen atoms in total. The summed E-state index contributed by atoms with van der Waals surface area (Å²) < 4.78 is 0. The molecule has 26 heavy (non-hydrogen) atoms. The molecule has 10 heteroatoms. The predicted molar refractivity (Wildman–Crippen MR) is 97.6 cm³/mol. The van der Waals surface area contributed by atoms with Crippen LogP contribution in [-0.2, 0) is 4.79 Å². The second-order valence-electron chi connectivity index (χ2n) is 4.92. The summed E-state index contributed by atoms with van der Waals surface area (Å²) in [4.78, 5) is 33.6. The van der Waals surface area contributed by atoms with Crippen LogP contribution in [0.25, 0.3) is 0 Å². The van der Waals surface area contributed by atoms with Gasteiger partial charge in [-0.3, -0.25) is 19.7 Å². The minimum atomic E-state index is -0.571. The van der Waals surface area contributed by atoms with Gasteiger partial charge >= 0.3 is 0 Å². The number of nitro benzene ring substituents is 1. The number of rotatable bonds is 6. The van der Waals surface area contributed by atoms with E-state index in [2.05, 4.69) is 15.8 Å². The molecule has 0 unspecified atom stereocenters. The Labute approximate surface area is 157 Å². The van der Waals surface area contributed by atoms with Crippen molar-refractivity contribution in [1.29, 1.82) is 0 Å². The largest absolute Gasteiger partial charge is 0.343 e. The summed E-state index contributed by atoms with van der Waals surface area (Å²) in [6.07, 6.45) is 1.29. The van der Waals surface area contributed by atoms with E-state index in [9.17, 15) is 19.7 Å². The van der Waals surface area contributed by atoms with Crippen molar-refractivity contribution < 1.29 is 14.5 Å². The highest BCUT2D eigenvalue weighted by atomic mass is 35.5. The molecule has 0 saturated heterocycles. The number of nitro groups is 1. The van der Waals surface area contributed by atoms with Crippen molar-refractivity contribution in [3.05, 3.63) is 73.8 Å². The van der Waals surface area contributed by atoms with Gasteiger partial charge in [0.1, 0.15) is 0 Å². The Morgan fingerprint density at radius 3 is 2.31 bits per heavy atom. The Kier molecular flexibility index (Phi) is 6.65. The topological polar surface area (TPSA) is 114 Å². The fourth-order valence-corrected chi connectivity index (χ4v) is 2.33. The molecule has 0 aliphatic rings. The lowest BCUT2D eigenvalue weighted by molar-refractivity contribution is -0.384. The van der Waals surface area contributed by atoms with E-state index in [0.29, 0.717) is 15.6 Å². The number of benzene rings is 2. The Hall–Kier alpha value is -2.97. The maximum atomic E-state index is 11.9. The zero-order valence-electron chi connectivity index (χ0n) is 13.1. The van der Waals surface area contributed by atoms with Crippen LogP contribution in [0, 0.1) is 10.1 Å². The van der Waals surface area contributed by atoms with Crippen molar-refractivity contribution in [3.63, 3.8) is 0 Å². The van der Waals surface area contributed by atoms with Crippen molar-refractivity contribution in [3.8, 4) is 0 Å². The second kappa shape index (κ2) is 8.93. The van der Waals surface area contributed by atoms with Gasteiger partial charge in [0.2, 0.25) is 0 Å². The van der Waals surface area contributed by atoms with Crippen LogP contribution < -0.4 is 10.7 Å². The molecule has 0 aliphatic carbocycles. The average Bonchev–Trinajstić information content (AvgIpc) is 2.62. The maximum Gasteiger partial charge on any atom is 0.269 e. The lowest BCUT2D eigenvalue weighted by Gasteiger charge is -2.04. The Morgan fingerprint density at radius 1 is 1.12 bits per heavy atom. The number of nitrogens with zero attached hydrogens (tertiary/aromatic N) is 2. The molecule has 2 amide bonds. The zero-order chi connectivity index (χ0) is 19.1. The van der Waals surface area contributed by atoms with Gasteiger partial charge in [-0.2, -0.15) is 5.10 Å². The number of non-ortho nitro benzene ring substituents is 1. The van der Waals surface area contributed by atoms with E-state index in [0.717, 1.165) is 0 Å². The van der Waals surface area contributed by atoms with Crippen molar-refractivity contribution in [2.75, 3.05) is 6.54 Å². The third kappa shape index (κ3) is 5.27. The Bertz CT molecular complexity index is 849. The Morgan fingerprint density at radius 2 is 1.73 bits per heavy atom. The van der Waals surface area contributed by atoms with Gasteiger partial charge in [-0.15, -0.1) is 0 Å². The third-order valence-corrected chi connectivity index (χ3v) is 3.79. The van der Waals surface area contributed by atoms with Gasteiger partial charge in [-0.05, 0) is 24.3 Å². The predicted octanol–water partition coefficient (Wildman–Crippen LogP) is 2.78. The maximum absolute atomic E-state index is 11.9. The number of amides is 2. The van der Waals surface area contributed by atoms with Gasteiger partial charge < -0.3 is 5.32 Å².